The van der Waals surface area contributed by atoms with E-state index in [4.69, 9.17) is 9.15 Å². The second-order valence-electron chi connectivity index (χ2n) is 4.60. The van der Waals surface area contributed by atoms with Gasteiger partial charge in [0.15, 0.2) is 0 Å². The molecular formula is C13H19N5O3S. The Kier molecular flexibility index (Phi) is 6.41. The van der Waals surface area contributed by atoms with E-state index in [-0.39, 0.29) is 11.2 Å². The molecule has 0 aromatic carbocycles. The molecule has 0 spiro atoms. The summed E-state index contributed by atoms with van der Waals surface area (Å²) in [5.74, 6) is 0.708. The molecule has 0 aliphatic heterocycles. The van der Waals surface area contributed by atoms with Gasteiger partial charge in [0.25, 0.3) is 0 Å². The van der Waals surface area contributed by atoms with Crippen molar-refractivity contribution in [2.45, 2.75) is 30.3 Å². The van der Waals surface area contributed by atoms with Crippen LogP contribution in [-0.2, 0) is 16.1 Å². The Hall–Kier alpha value is -1.87. The van der Waals surface area contributed by atoms with E-state index >= 15 is 0 Å². The molecule has 1 unspecified atom stereocenters. The molecule has 0 radical (unpaired) electrons. The van der Waals surface area contributed by atoms with Crippen LogP contribution in [0.25, 0.3) is 0 Å². The first-order chi connectivity index (χ1) is 10.7. The monoisotopic (exact) mass is 325 g/mol. The number of methoxy groups -OCH3 is 1. The Bertz CT molecular complexity index is 572. The summed E-state index contributed by atoms with van der Waals surface area (Å²) in [6, 6.07) is 3.66. The van der Waals surface area contributed by atoms with Gasteiger partial charge in [0, 0.05) is 20.3 Å². The van der Waals surface area contributed by atoms with E-state index in [1.54, 1.807) is 18.1 Å². The second-order valence-corrected chi connectivity index (χ2v) is 5.90. The smallest absolute Gasteiger partial charge is 0.233 e. The highest BCUT2D eigenvalue weighted by Crippen LogP contribution is 2.20. The summed E-state index contributed by atoms with van der Waals surface area (Å²) in [4.78, 5) is 12.0. The molecule has 2 aromatic heterocycles. The van der Waals surface area contributed by atoms with Crippen molar-refractivity contribution in [2.24, 2.45) is 0 Å². The average molecular weight is 325 g/mol. The summed E-state index contributed by atoms with van der Waals surface area (Å²) < 4.78 is 11.8. The highest BCUT2D eigenvalue weighted by molar-refractivity contribution is 8.00. The van der Waals surface area contributed by atoms with E-state index in [0.29, 0.717) is 24.9 Å². The van der Waals surface area contributed by atoms with Crippen LogP contribution >= 0.6 is 11.8 Å². The predicted molar refractivity (Wildman–Crippen MR) is 80.4 cm³/mol. The number of ether oxygens (including phenoxy) is 1. The van der Waals surface area contributed by atoms with E-state index < -0.39 is 0 Å². The van der Waals surface area contributed by atoms with Gasteiger partial charge in [-0.1, -0.05) is 11.8 Å². The number of furan rings is 1. The van der Waals surface area contributed by atoms with Gasteiger partial charge in [-0.3, -0.25) is 4.79 Å². The van der Waals surface area contributed by atoms with Crippen LogP contribution in [0.3, 0.4) is 0 Å². The van der Waals surface area contributed by atoms with Gasteiger partial charge in [-0.2, -0.15) is 0 Å². The molecule has 0 saturated carbocycles. The van der Waals surface area contributed by atoms with Crippen molar-refractivity contribution in [1.29, 1.82) is 0 Å². The van der Waals surface area contributed by atoms with Crippen LogP contribution in [0.2, 0.25) is 0 Å². The molecule has 0 bridgehead atoms. The zero-order valence-electron chi connectivity index (χ0n) is 12.6. The van der Waals surface area contributed by atoms with Crippen LogP contribution in [0.5, 0.6) is 0 Å². The highest BCUT2D eigenvalue weighted by Gasteiger charge is 2.18. The lowest BCUT2D eigenvalue weighted by molar-refractivity contribution is -0.120. The number of tetrazole rings is 1. The number of nitrogens with one attached hydrogen (secondary N) is 1. The summed E-state index contributed by atoms with van der Waals surface area (Å²) >= 11 is 1.31. The maximum Gasteiger partial charge on any atom is 0.233 e. The summed E-state index contributed by atoms with van der Waals surface area (Å²) in [5, 5.41) is 14.7. The van der Waals surface area contributed by atoms with Gasteiger partial charge in [0.1, 0.15) is 12.3 Å². The quantitative estimate of drug-likeness (QED) is 0.541. The number of nitrogens with zero attached hydrogens (tertiary/aromatic N) is 4. The van der Waals surface area contributed by atoms with Crippen LogP contribution in [0.15, 0.2) is 28.0 Å². The van der Waals surface area contributed by atoms with Gasteiger partial charge in [-0.15, -0.1) is 5.10 Å². The topological polar surface area (TPSA) is 95.1 Å². The highest BCUT2D eigenvalue weighted by atomic mass is 32.2. The van der Waals surface area contributed by atoms with Crippen LogP contribution in [0, 0.1) is 0 Å². The Morgan fingerprint density at radius 3 is 3.18 bits per heavy atom. The third-order valence-electron chi connectivity index (χ3n) is 2.86. The number of carbonyl (C=O) groups is 1. The summed E-state index contributed by atoms with van der Waals surface area (Å²) in [6.07, 6.45) is 2.39. The minimum atomic E-state index is -0.288. The Balaban J connectivity index is 1.85. The first-order valence-electron chi connectivity index (χ1n) is 6.92. The number of amides is 1. The lowest BCUT2D eigenvalue weighted by atomic mass is 10.4. The van der Waals surface area contributed by atoms with Crippen molar-refractivity contribution in [3.8, 4) is 0 Å². The largest absolute Gasteiger partial charge is 0.467 e. The molecule has 8 nitrogen and oxygen atoms in total. The lowest BCUT2D eigenvalue weighted by Crippen LogP contribution is -2.32. The number of carbonyl (C=O) groups excluding carboxylic acids is 1. The maximum atomic E-state index is 12.0. The fraction of sp³-hybridized carbons (Fsp3) is 0.538. The van der Waals surface area contributed by atoms with Crippen molar-refractivity contribution < 1.29 is 13.9 Å². The fourth-order valence-electron chi connectivity index (χ4n) is 1.71. The third-order valence-corrected chi connectivity index (χ3v) is 3.93. The molecule has 9 heteroatoms. The normalized spacial score (nSPS) is 12.3. The molecule has 0 fully saturated rings. The number of aromatic nitrogens is 4. The van der Waals surface area contributed by atoms with Gasteiger partial charge in [0.05, 0.1) is 11.5 Å². The van der Waals surface area contributed by atoms with E-state index in [1.807, 2.05) is 19.1 Å². The minimum absolute atomic E-state index is 0.0475. The van der Waals surface area contributed by atoms with Crippen molar-refractivity contribution >= 4 is 17.7 Å². The number of hydrogen-bond donors (Lipinski definition) is 1. The second kappa shape index (κ2) is 8.54. The first-order valence-corrected chi connectivity index (χ1v) is 7.80. The lowest BCUT2D eigenvalue weighted by Gasteiger charge is -2.11. The summed E-state index contributed by atoms with van der Waals surface area (Å²) in [5.41, 5.74) is 0. The molecule has 2 heterocycles. The molecule has 2 aromatic rings. The molecule has 1 N–H and O–H groups in total. The molecule has 0 aliphatic carbocycles. The fourth-order valence-corrected chi connectivity index (χ4v) is 2.53. The standard InChI is InChI=1S/C13H19N5O3S/c1-10(12(19)14-6-4-7-20-2)22-13-15-16-17-18(13)9-11-5-3-8-21-11/h3,5,8,10H,4,6-7,9H2,1-2H3,(H,14,19). The van der Waals surface area contributed by atoms with Crippen LogP contribution in [0.1, 0.15) is 19.1 Å². The van der Waals surface area contributed by atoms with E-state index in [0.717, 1.165) is 12.2 Å². The Morgan fingerprint density at radius 1 is 1.59 bits per heavy atom. The SMILES string of the molecule is COCCCNC(=O)C(C)Sc1nnnn1Cc1ccco1. The van der Waals surface area contributed by atoms with Gasteiger partial charge in [-0.25, -0.2) is 4.68 Å². The Morgan fingerprint density at radius 2 is 2.45 bits per heavy atom. The third kappa shape index (κ3) is 4.85. The van der Waals surface area contributed by atoms with Crippen molar-refractivity contribution in [3.05, 3.63) is 24.2 Å². The van der Waals surface area contributed by atoms with Gasteiger partial charge in [0.2, 0.25) is 11.1 Å². The van der Waals surface area contributed by atoms with Gasteiger partial charge in [-0.05, 0) is 35.9 Å². The number of rotatable bonds is 9. The van der Waals surface area contributed by atoms with E-state index in [2.05, 4.69) is 20.8 Å². The van der Waals surface area contributed by atoms with Gasteiger partial charge >= 0.3 is 0 Å². The molecule has 2 rings (SSSR count). The maximum absolute atomic E-state index is 12.0. The first kappa shape index (κ1) is 16.5. The zero-order valence-corrected chi connectivity index (χ0v) is 13.4. The molecule has 0 saturated heterocycles. The summed E-state index contributed by atoms with van der Waals surface area (Å²) in [7, 11) is 1.64. The number of thioether (sulfide) groups is 1. The number of hydrogen-bond acceptors (Lipinski definition) is 7. The van der Waals surface area contributed by atoms with Crippen molar-refractivity contribution in [3.63, 3.8) is 0 Å². The molecule has 1 amide bonds. The van der Waals surface area contributed by atoms with Crippen LogP contribution < -0.4 is 5.32 Å². The molecule has 22 heavy (non-hydrogen) atoms. The Labute approximate surface area is 132 Å². The van der Waals surface area contributed by atoms with E-state index in [1.165, 1.54) is 11.8 Å². The summed E-state index contributed by atoms with van der Waals surface area (Å²) in [6.45, 7) is 3.48. The predicted octanol–water partition coefficient (Wildman–Crippen LogP) is 0.948. The van der Waals surface area contributed by atoms with Gasteiger partial charge < -0.3 is 14.5 Å². The van der Waals surface area contributed by atoms with Crippen LogP contribution in [0.4, 0.5) is 0 Å². The van der Waals surface area contributed by atoms with E-state index in [9.17, 15) is 4.79 Å². The molecular weight excluding hydrogens is 306 g/mol. The molecule has 0 aliphatic rings. The average Bonchev–Trinajstić information content (AvgIpc) is 3.16. The zero-order chi connectivity index (χ0) is 15.8. The molecule has 120 valence electrons. The van der Waals surface area contributed by atoms with Crippen LogP contribution in [-0.4, -0.2) is 51.6 Å². The van der Waals surface area contributed by atoms with Crippen molar-refractivity contribution in [2.75, 3.05) is 20.3 Å². The van der Waals surface area contributed by atoms with Crippen molar-refractivity contribution in [1.82, 2.24) is 25.5 Å². The molecule has 1 atom stereocenters. The minimum Gasteiger partial charge on any atom is -0.467 e.